The predicted molar refractivity (Wildman–Crippen MR) is 66.0 cm³/mol. The monoisotopic (exact) mass is 289 g/mol. The van der Waals surface area contributed by atoms with Crippen molar-refractivity contribution in [2.24, 2.45) is 0 Å². The lowest BCUT2D eigenvalue weighted by Crippen LogP contribution is -2.57. The van der Waals surface area contributed by atoms with E-state index in [4.69, 9.17) is 4.74 Å². The van der Waals surface area contributed by atoms with Gasteiger partial charge in [0.15, 0.2) is 5.69 Å². The summed E-state index contributed by atoms with van der Waals surface area (Å²) in [6.07, 6.45) is -1.01. The van der Waals surface area contributed by atoms with Gasteiger partial charge < -0.3 is 4.74 Å². The van der Waals surface area contributed by atoms with Gasteiger partial charge in [0.25, 0.3) is 0 Å². The second-order valence-electron chi connectivity index (χ2n) is 5.91. The summed E-state index contributed by atoms with van der Waals surface area (Å²) < 4.78 is 43.5. The van der Waals surface area contributed by atoms with Crippen LogP contribution < -0.4 is 0 Å². The number of aromatic amines is 1. The Morgan fingerprint density at radius 1 is 1.50 bits per heavy atom. The van der Waals surface area contributed by atoms with Crippen LogP contribution in [0.25, 0.3) is 0 Å². The fourth-order valence-corrected chi connectivity index (χ4v) is 3.13. The van der Waals surface area contributed by atoms with Crippen LogP contribution in [0.15, 0.2) is 6.07 Å². The number of ether oxygens (including phenoxy) is 1. The first-order valence-electron chi connectivity index (χ1n) is 6.88. The highest BCUT2D eigenvalue weighted by atomic mass is 19.4. The number of hydrogen-bond acceptors (Lipinski definition) is 3. The van der Waals surface area contributed by atoms with E-state index in [1.165, 1.54) is 6.42 Å². The molecule has 2 fully saturated rings. The molecule has 2 aliphatic rings. The number of H-pyrrole nitrogens is 1. The summed E-state index contributed by atoms with van der Waals surface area (Å²) in [4.78, 5) is 2.15. The lowest BCUT2D eigenvalue weighted by molar-refractivity contribution is -0.186. The van der Waals surface area contributed by atoms with Crippen molar-refractivity contribution in [1.29, 1.82) is 0 Å². The van der Waals surface area contributed by atoms with Crippen molar-refractivity contribution in [2.45, 2.75) is 50.6 Å². The molecule has 0 radical (unpaired) electrons. The van der Waals surface area contributed by atoms with Gasteiger partial charge in [-0.15, -0.1) is 0 Å². The van der Waals surface area contributed by atoms with E-state index in [1.54, 1.807) is 0 Å². The Kier molecular flexibility index (Phi) is 3.29. The van der Waals surface area contributed by atoms with Gasteiger partial charge in [-0.25, -0.2) is 0 Å². The van der Waals surface area contributed by atoms with Gasteiger partial charge in [0, 0.05) is 25.3 Å². The minimum absolute atomic E-state index is 0.0649. The molecule has 1 atom stereocenters. The molecule has 1 spiro atoms. The van der Waals surface area contributed by atoms with Crippen molar-refractivity contribution in [3.63, 3.8) is 0 Å². The van der Waals surface area contributed by atoms with E-state index in [0.717, 1.165) is 32.0 Å². The zero-order valence-corrected chi connectivity index (χ0v) is 11.3. The average Bonchev–Trinajstić information content (AvgIpc) is 2.74. The van der Waals surface area contributed by atoms with Crippen LogP contribution >= 0.6 is 0 Å². The maximum atomic E-state index is 12.5. The number of morpholine rings is 1. The average molecular weight is 289 g/mol. The Labute approximate surface area is 115 Å². The van der Waals surface area contributed by atoms with Crippen molar-refractivity contribution >= 4 is 0 Å². The van der Waals surface area contributed by atoms with E-state index in [1.807, 2.05) is 6.92 Å². The molecule has 0 amide bonds. The largest absolute Gasteiger partial charge is 0.435 e. The SMILES string of the molecule is CC1CN(Cc2cc(C(F)(F)F)n[nH]2)CC2(CCC2)O1. The van der Waals surface area contributed by atoms with E-state index in [9.17, 15) is 13.2 Å². The van der Waals surface area contributed by atoms with E-state index in [-0.39, 0.29) is 11.7 Å². The first-order valence-corrected chi connectivity index (χ1v) is 6.88. The van der Waals surface area contributed by atoms with Crippen LogP contribution in [0, 0.1) is 0 Å². The van der Waals surface area contributed by atoms with Gasteiger partial charge in [-0.3, -0.25) is 10.00 Å². The summed E-state index contributed by atoms with van der Waals surface area (Å²) in [6, 6.07) is 1.09. The van der Waals surface area contributed by atoms with Gasteiger partial charge in [-0.05, 0) is 32.3 Å². The number of nitrogens with one attached hydrogen (secondary N) is 1. The van der Waals surface area contributed by atoms with Crippen molar-refractivity contribution < 1.29 is 17.9 Å². The van der Waals surface area contributed by atoms with Gasteiger partial charge in [0.05, 0.1) is 11.7 Å². The lowest BCUT2D eigenvalue weighted by atomic mass is 9.78. The van der Waals surface area contributed by atoms with Crippen molar-refractivity contribution in [3.8, 4) is 0 Å². The smallest absolute Gasteiger partial charge is 0.369 e. The molecule has 1 saturated heterocycles. The van der Waals surface area contributed by atoms with E-state index >= 15 is 0 Å². The van der Waals surface area contributed by atoms with E-state index in [0.29, 0.717) is 12.2 Å². The number of halogens is 3. The highest BCUT2D eigenvalue weighted by Crippen LogP contribution is 2.40. The van der Waals surface area contributed by atoms with Crippen LogP contribution in [0.2, 0.25) is 0 Å². The summed E-state index contributed by atoms with van der Waals surface area (Å²) in [5.41, 5.74) is -0.419. The number of rotatable bonds is 2. The molecule has 112 valence electrons. The molecular formula is C13H18F3N3O. The fraction of sp³-hybridized carbons (Fsp3) is 0.769. The highest BCUT2D eigenvalue weighted by molar-refractivity contribution is 5.12. The molecule has 1 aromatic rings. The zero-order valence-electron chi connectivity index (χ0n) is 11.3. The normalized spacial score (nSPS) is 26.7. The Balaban J connectivity index is 1.66. The minimum atomic E-state index is -4.39. The predicted octanol–water partition coefficient (Wildman–Crippen LogP) is 2.57. The Morgan fingerprint density at radius 2 is 2.25 bits per heavy atom. The summed E-state index contributed by atoms with van der Waals surface area (Å²) in [5.74, 6) is 0. The van der Waals surface area contributed by atoms with Crippen LogP contribution in [0.3, 0.4) is 0 Å². The number of hydrogen-bond donors (Lipinski definition) is 1. The minimum Gasteiger partial charge on any atom is -0.369 e. The van der Waals surface area contributed by atoms with Gasteiger partial charge in [0.1, 0.15) is 0 Å². The first kappa shape index (κ1) is 13.9. The van der Waals surface area contributed by atoms with Gasteiger partial charge in [-0.1, -0.05) is 0 Å². The maximum absolute atomic E-state index is 12.5. The third kappa shape index (κ3) is 2.69. The Bertz CT molecular complexity index is 481. The fourth-order valence-electron chi connectivity index (χ4n) is 3.13. The molecule has 1 aliphatic carbocycles. The molecular weight excluding hydrogens is 271 g/mol. The molecule has 1 N–H and O–H groups in total. The van der Waals surface area contributed by atoms with Crippen LogP contribution in [0.5, 0.6) is 0 Å². The number of nitrogens with zero attached hydrogens (tertiary/aromatic N) is 2. The van der Waals surface area contributed by atoms with Crippen LogP contribution in [-0.4, -0.2) is 39.9 Å². The zero-order chi connectivity index (χ0) is 14.4. The summed E-state index contributed by atoms with van der Waals surface area (Å²) in [5, 5.41) is 5.82. The molecule has 2 heterocycles. The van der Waals surface area contributed by atoms with Gasteiger partial charge >= 0.3 is 6.18 Å². The standard InChI is InChI=1S/C13H18F3N3O/c1-9-6-19(8-12(20-9)3-2-4-12)7-10-5-11(18-17-10)13(14,15)16/h5,9H,2-4,6-8H2,1H3,(H,17,18). The van der Waals surface area contributed by atoms with Crippen molar-refractivity contribution in [2.75, 3.05) is 13.1 Å². The molecule has 7 heteroatoms. The molecule has 0 bridgehead atoms. The summed E-state index contributed by atoms with van der Waals surface area (Å²) >= 11 is 0. The third-order valence-corrected chi connectivity index (χ3v) is 4.06. The quantitative estimate of drug-likeness (QED) is 0.909. The summed E-state index contributed by atoms with van der Waals surface area (Å²) in [6.45, 7) is 4.00. The van der Waals surface area contributed by atoms with E-state index in [2.05, 4.69) is 15.1 Å². The number of alkyl halides is 3. The molecule has 4 nitrogen and oxygen atoms in total. The molecule has 3 rings (SSSR count). The number of aromatic nitrogens is 2. The second-order valence-corrected chi connectivity index (χ2v) is 5.91. The molecule has 0 aromatic carbocycles. The van der Waals surface area contributed by atoms with E-state index < -0.39 is 11.9 Å². The third-order valence-electron chi connectivity index (χ3n) is 4.06. The highest BCUT2D eigenvalue weighted by Gasteiger charge is 2.44. The van der Waals surface area contributed by atoms with Crippen LogP contribution in [0.1, 0.15) is 37.6 Å². The van der Waals surface area contributed by atoms with Crippen LogP contribution in [0.4, 0.5) is 13.2 Å². The lowest BCUT2D eigenvalue weighted by Gasteiger charge is -2.50. The second kappa shape index (κ2) is 4.73. The molecule has 1 aliphatic heterocycles. The Morgan fingerprint density at radius 3 is 2.80 bits per heavy atom. The topological polar surface area (TPSA) is 41.2 Å². The van der Waals surface area contributed by atoms with Gasteiger partial charge in [-0.2, -0.15) is 18.3 Å². The molecule has 1 aromatic heterocycles. The van der Waals surface area contributed by atoms with Crippen molar-refractivity contribution in [3.05, 3.63) is 17.5 Å². The van der Waals surface area contributed by atoms with Gasteiger partial charge in [0.2, 0.25) is 0 Å². The molecule has 1 saturated carbocycles. The first-order chi connectivity index (χ1) is 9.36. The summed E-state index contributed by atoms with van der Waals surface area (Å²) in [7, 11) is 0. The van der Waals surface area contributed by atoms with Crippen molar-refractivity contribution in [1.82, 2.24) is 15.1 Å². The Hall–Kier alpha value is -1.08. The maximum Gasteiger partial charge on any atom is 0.435 e. The molecule has 1 unspecified atom stereocenters. The van der Waals surface area contributed by atoms with Crippen LogP contribution in [-0.2, 0) is 17.5 Å². The molecule has 20 heavy (non-hydrogen) atoms.